The van der Waals surface area contributed by atoms with Crippen molar-refractivity contribution in [2.75, 3.05) is 0 Å². The van der Waals surface area contributed by atoms with Crippen LogP contribution in [0.15, 0.2) is 66.3 Å². The number of rotatable bonds is 2. The van der Waals surface area contributed by atoms with Crippen LogP contribution in [0.25, 0.3) is 0 Å². The van der Waals surface area contributed by atoms with Crippen molar-refractivity contribution in [3.05, 3.63) is 87.9 Å². The molecule has 0 saturated carbocycles. The molecule has 0 spiro atoms. The Kier molecular flexibility index (Phi) is 5.19. The van der Waals surface area contributed by atoms with Gasteiger partial charge in [0, 0.05) is 23.5 Å². The number of hydrogen-bond donors (Lipinski definition) is 2. The Balaban J connectivity index is 1.66. The minimum atomic E-state index is -0.458. The summed E-state index contributed by atoms with van der Waals surface area (Å²) in [6, 6.07) is 14.6. The molecule has 3 rings (SSSR count). The number of carbonyl (C=O) groups excluding carboxylic acids is 2. The standard InChI is InChI=1S/C19H13N3O2S/c23-18(21-22-19(24)17-7-4-10-25-17)16-11-15(12-20-13-16)9-8-14-5-2-1-3-6-14/h1-7,10-13H,(H,21,23)(H,22,24). The normalized spacial score (nSPS) is 9.60. The maximum Gasteiger partial charge on any atom is 0.279 e. The van der Waals surface area contributed by atoms with Gasteiger partial charge in [-0.1, -0.05) is 36.1 Å². The van der Waals surface area contributed by atoms with Crippen molar-refractivity contribution in [1.82, 2.24) is 15.8 Å². The topological polar surface area (TPSA) is 71.1 Å². The van der Waals surface area contributed by atoms with Crippen molar-refractivity contribution >= 4 is 23.2 Å². The molecular weight excluding hydrogens is 334 g/mol. The first-order valence-corrected chi connectivity index (χ1v) is 8.26. The first-order valence-electron chi connectivity index (χ1n) is 7.39. The zero-order chi connectivity index (χ0) is 17.5. The number of nitrogens with one attached hydrogen (secondary N) is 2. The third-order valence-electron chi connectivity index (χ3n) is 3.16. The second kappa shape index (κ2) is 7.90. The summed E-state index contributed by atoms with van der Waals surface area (Å²) in [4.78, 5) is 28.5. The van der Waals surface area contributed by atoms with Gasteiger partial charge in [0.2, 0.25) is 0 Å². The fraction of sp³-hybridized carbons (Fsp3) is 0. The molecule has 0 aliphatic heterocycles. The summed E-state index contributed by atoms with van der Waals surface area (Å²) in [7, 11) is 0. The highest BCUT2D eigenvalue weighted by atomic mass is 32.1. The lowest BCUT2D eigenvalue weighted by Gasteiger charge is -2.06. The van der Waals surface area contributed by atoms with E-state index in [0.29, 0.717) is 16.0 Å². The molecule has 122 valence electrons. The summed E-state index contributed by atoms with van der Waals surface area (Å²) in [6.07, 6.45) is 3.00. The van der Waals surface area contributed by atoms with Gasteiger partial charge in [-0.3, -0.25) is 25.4 Å². The van der Waals surface area contributed by atoms with Gasteiger partial charge in [-0.2, -0.15) is 0 Å². The highest BCUT2D eigenvalue weighted by Crippen LogP contribution is 2.07. The van der Waals surface area contributed by atoms with Gasteiger partial charge in [0.15, 0.2) is 0 Å². The second-order valence-electron chi connectivity index (χ2n) is 4.96. The predicted molar refractivity (Wildman–Crippen MR) is 95.9 cm³/mol. The number of nitrogens with zero attached hydrogens (tertiary/aromatic N) is 1. The van der Waals surface area contributed by atoms with Crippen LogP contribution < -0.4 is 10.9 Å². The van der Waals surface area contributed by atoms with Crippen molar-refractivity contribution in [2.45, 2.75) is 0 Å². The van der Waals surface area contributed by atoms with Gasteiger partial charge in [-0.25, -0.2) is 0 Å². The van der Waals surface area contributed by atoms with Gasteiger partial charge in [-0.15, -0.1) is 11.3 Å². The molecule has 0 unspecified atom stereocenters. The van der Waals surface area contributed by atoms with Gasteiger partial charge in [0.1, 0.15) is 0 Å². The van der Waals surface area contributed by atoms with Crippen LogP contribution >= 0.6 is 11.3 Å². The summed E-state index contributed by atoms with van der Waals surface area (Å²) < 4.78 is 0. The molecule has 0 saturated heterocycles. The quantitative estimate of drug-likeness (QED) is 0.553. The van der Waals surface area contributed by atoms with Crippen molar-refractivity contribution < 1.29 is 9.59 Å². The summed E-state index contributed by atoms with van der Waals surface area (Å²) in [6.45, 7) is 0. The molecule has 0 bridgehead atoms. The molecule has 0 atom stereocenters. The molecule has 5 nitrogen and oxygen atoms in total. The lowest BCUT2D eigenvalue weighted by atomic mass is 10.1. The average Bonchev–Trinajstić information content (AvgIpc) is 3.20. The van der Waals surface area contributed by atoms with Gasteiger partial charge in [0.25, 0.3) is 11.8 Å². The van der Waals surface area contributed by atoms with Crippen LogP contribution in [0.5, 0.6) is 0 Å². The number of pyridine rings is 1. The average molecular weight is 347 g/mol. The number of benzene rings is 1. The molecule has 2 aromatic heterocycles. The van der Waals surface area contributed by atoms with Crippen LogP contribution in [0.1, 0.15) is 31.2 Å². The van der Waals surface area contributed by atoms with Crippen LogP contribution in [0.3, 0.4) is 0 Å². The second-order valence-corrected chi connectivity index (χ2v) is 5.91. The summed E-state index contributed by atoms with van der Waals surface area (Å²) in [5, 5.41) is 1.79. The molecule has 1 aromatic carbocycles. The molecular formula is C19H13N3O2S. The molecule has 0 radical (unpaired) electrons. The number of hydrogen-bond acceptors (Lipinski definition) is 4. The predicted octanol–water partition coefficient (Wildman–Crippen LogP) is 2.62. The highest BCUT2D eigenvalue weighted by Gasteiger charge is 2.10. The Bertz CT molecular complexity index is 942. The van der Waals surface area contributed by atoms with Crippen LogP contribution in [-0.2, 0) is 0 Å². The first-order chi connectivity index (χ1) is 12.2. The molecule has 3 aromatic rings. The third kappa shape index (κ3) is 4.53. The summed E-state index contributed by atoms with van der Waals surface area (Å²) in [5.74, 6) is 5.15. The van der Waals surface area contributed by atoms with Crippen LogP contribution in [-0.4, -0.2) is 16.8 Å². The monoisotopic (exact) mass is 347 g/mol. The first kappa shape index (κ1) is 16.4. The van der Waals surface area contributed by atoms with Crippen molar-refractivity contribution in [3.8, 4) is 11.8 Å². The third-order valence-corrected chi connectivity index (χ3v) is 4.03. The summed E-state index contributed by atoms with van der Waals surface area (Å²) in [5.41, 5.74) is 6.54. The van der Waals surface area contributed by atoms with Crippen LogP contribution in [0.4, 0.5) is 0 Å². The van der Waals surface area contributed by atoms with Crippen molar-refractivity contribution in [1.29, 1.82) is 0 Å². The molecule has 0 aliphatic carbocycles. The van der Waals surface area contributed by atoms with Gasteiger partial charge < -0.3 is 0 Å². The molecule has 6 heteroatoms. The minimum Gasteiger partial charge on any atom is -0.267 e. The zero-order valence-electron chi connectivity index (χ0n) is 13.0. The number of hydrazine groups is 1. The van der Waals surface area contributed by atoms with E-state index in [1.807, 2.05) is 30.3 Å². The molecule has 25 heavy (non-hydrogen) atoms. The number of carbonyl (C=O) groups is 2. The molecule has 2 N–H and O–H groups in total. The Morgan fingerprint density at radius 1 is 0.880 bits per heavy atom. The Morgan fingerprint density at radius 3 is 2.40 bits per heavy atom. The smallest absolute Gasteiger partial charge is 0.267 e. The van der Waals surface area contributed by atoms with Gasteiger partial charge >= 0.3 is 0 Å². The lowest BCUT2D eigenvalue weighted by Crippen LogP contribution is -2.41. The molecule has 2 amide bonds. The van der Waals surface area contributed by atoms with E-state index < -0.39 is 5.91 Å². The number of amides is 2. The van der Waals surface area contributed by atoms with E-state index in [0.717, 1.165) is 5.56 Å². The number of thiophene rings is 1. The largest absolute Gasteiger partial charge is 0.279 e. The van der Waals surface area contributed by atoms with Crippen molar-refractivity contribution in [2.24, 2.45) is 0 Å². The Morgan fingerprint density at radius 2 is 1.64 bits per heavy atom. The fourth-order valence-corrected chi connectivity index (χ4v) is 2.57. The number of aromatic nitrogens is 1. The van der Waals surface area contributed by atoms with E-state index in [4.69, 9.17) is 0 Å². The highest BCUT2D eigenvalue weighted by molar-refractivity contribution is 7.12. The van der Waals surface area contributed by atoms with E-state index in [1.54, 1.807) is 29.8 Å². The minimum absolute atomic E-state index is 0.311. The van der Waals surface area contributed by atoms with Crippen LogP contribution in [0.2, 0.25) is 0 Å². The molecule has 2 heterocycles. The molecule has 0 fully saturated rings. The van der Waals surface area contributed by atoms with Gasteiger partial charge in [0.05, 0.1) is 10.4 Å². The maximum absolute atomic E-state index is 12.1. The molecule has 0 aliphatic rings. The maximum atomic E-state index is 12.1. The lowest BCUT2D eigenvalue weighted by molar-refractivity contribution is 0.0848. The van der Waals surface area contributed by atoms with E-state index in [2.05, 4.69) is 27.7 Å². The SMILES string of the molecule is O=C(NNC(=O)c1cccs1)c1cncc(C#Cc2ccccc2)c1. The zero-order valence-corrected chi connectivity index (χ0v) is 13.8. The van der Waals surface area contributed by atoms with Crippen molar-refractivity contribution in [3.63, 3.8) is 0 Å². The summed E-state index contributed by atoms with van der Waals surface area (Å²) >= 11 is 1.29. The Hall–Kier alpha value is -3.43. The van der Waals surface area contributed by atoms with E-state index in [-0.39, 0.29) is 5.91 Å². The van der Waals surface area contributed by atoms with Gasteiger partial charge in [-0.05, 0) is 29.6 Å². The van der Waals surface area contributed by atoms with Crippen LogP contribution in [0, 0.1) is 11.8 Å². The fourth-order valence-electron chi connectivity index (χ4n) is 1.95. The van der Waals surface area contributed by atoms with E-state index in [9.17, 15) is 9.59 Å². The van der Waals surface area contributed by atoms with E-state index >= 15 is 0 Å². The van der Waals surface area contributed by atoms with E-state index in [1.165, 1.54) is 17.5 Å². The Labute approximate surface area is 148 Å².